The molecule has 0 unspecified atom stereocenters. The number of pyridine rings is 1. The molecule has 1 saturated heterocycles. The van der Waals surface area contributed by atoms with Crippen molar-refractivity contribution >= 4 is 17.3 Å². The second-order valence-corrected chi connectivity index (χ2v) is 7.27. The van der Waals surface area contributed by atoms with E-state index in [9.17, 15) is 5.11 Å². The Morgan fingerprint density at radius 2 is 2.19 bits per heavy atom. The minimum atomic E-state index is -0.320. The molecule has 2 N–H and O–H groups in total. The molecule has 142 valence electrons. The van der Waals surface area contributed by atoms with Gasteiger partial charge in [0, 0.05) is 37.6 Å². The lowest BCUT2D eigenvalue weighted by atomic mass is 10.2. The van der Waals surface area contributed by atoms with E-state index in [0.717, 1.165) is 35.9 Å². The fraction of sp³-hybridized carbons (Fsp3) is 0.421. The van der Waals surface area contributed by atoms with E-state index in [0.29, 0.717) is 13.1 Å². The maximum atomic E-state index is 10.1. The molecule has 3 aromatic rings. The van der Waals surface area contributed by atoms with Crippen molar-refractivity contribution in [2.75, 3.05) is 37.4 Å². The molecule has 8 heteroatoms. The number of aliphatic hydroxyl groups is 1. The van der Waals surface area contributed by atoms with Crippen molar-refractivity contribution in [3.05, 3.63) is 48.7 Å². The average Bonchev–Trinajstić information content (AvgIpc) is 3.22. The van der Waals surface area contributed by atoms with Gasteiger partial charge in [-0.2, -0.15) is 0 Å². The molecule has 0 amide bonds. The van der Waals surface area contributed by atoms with Crippen LogP contribution in [-0.2, 0) is 6.54 Å². The summed E-state index contributed by atoms with van der Waals surface area (Å²) in [6.07, 6.45) is 6.00. The Kier molecular flexibility index (Phi) is 4.91. The molecule has 0 radical (unpaired) electrons. The number of nitrogens with zero attached hydrogens (tertiary/aromatic N) is 6. The normalized spacial score (nSPS) is 19.9. The SMILES string of the molecule is CN(C)C[C@H]1C[C@@H](O)CN1c1cc(NCc2cn3ccccc3n2)ncn1. The molecule has 1 aliphatic heterocycles. The molecule has 0 saturated carbocycles. The Bertz CT molecular complexity index is 877. The molecule has 0 bridgehead atoms. The average molecular weight is 367 g/mol. The maximum Gasteiger partial charge on any atom is 0.137 e. The number of hydrogen-bond donors (Lipinski definition) is 2. The van der Waals surface area contributed by atoms with E-state index >= 15 is 0 Å². The van der Waals surface area contributed by atoms with Gasteiger partial charge in [-0.1, -0.05) is 6.07 Å². The summed E-state index contributed by atoms with van der Waals surface area (Å²) in [4.78, 5) is 17.7. The Morgan fingerprint density at radius 1 is 1.30 bits per heavy atom. The zero-order valence-electron chi connectivity index (χ0n) is 15.7. The van der Waals surface area contributed by atoms with Crippen LogP contribution in [0, 0.1) is 0 Å². The zero-order chi connectivity index (χ0) is 18.8. The summed E-state index contributed by atoms with van der Waals surface area (Å²) in [5.41, 5.74) is 1.87. The first-order chi connectivity index (χ1) is 13.1. The first-order valence-electron chi connectivity index (χ1n) is 9.16. The van der Waals surface area contributed by atoms with Crippen molar-refractivity contribution in [3.63, 3.8) is 0 Å². The molecular formula is C19H25N7O. The largest absolute Gasteiger partial charge is 0.391 e. The monoisotopic (exact) mass is 367 g/mol. The van der Waals surface area contributed by atoms with Crippen LogP contribution in [0.15, 0.2) is 43.0 Å². The lowest BCUT2D eigenvalue weighted by Gasteiger charge is -2.27. The van der Waals surface area contributed by atoms with Crippen LogP contribution < -0.4 is 10.2 Å². The summed E-state index contributed by atoms with van der Waals surface area (Å²) in [7, 11) is 4.09. The number of aromatic nitrogens is 4. The molecular weight excluding hydrogens is 342 g/mol. The Balaban J connectivity index is 1.47. The van der Waals surface area contributed by atoms with E-state index in [1.54, 1.807) is 6.33 Å². The number of imidazole rings is 1. The molecule has 0 spiro atoms. The smallest absolute Gasteiger partial charge is 0.137 e. The van der Waals surface area contributed by atoms with Gasteiger partial charge in [0.2, 0.25) is 0 Å². The van der Waals surface area contributed by atoms with Gasteiger partial charge in [-0.05, 0) is 32.6 Å². The van der Waals surface area contributed by atoms with E-state index in [1.807, 2.05) is 55.2 Å². The van der Waals surface area contributed by atoms with Gasteiger partial charge in [0.25, 0.3) is 0 Å². The van der Waals surface area contributed by atoms with Crippen LogP contribution in [0.5, 0.6) is 0 Å². The number of anilines is 2. The van der Waals surface area contributed by atoms with Crippen molar-refractivity contribution in [1.82, 2.24) is 24.3 Å². The van der Waals surface area contributed by atoms with Gasteiger partial charge in [-0.15, -0.1) is 0 Å². The molecule has 8 nitrogen and oxygen atoms in total. The Hall–Kier alpha value is -2.71. The highest BCUT2D eigenvalue weighted by molar-refractivity contribution is 5.50. The number of likely N-dealkylation sites (N-methyl/N-ethyl adjacent to an activating group) is 1. The van der Waals surface area contributed by atoms with Gasteiger partial charge in [-0.25, -0.2) is 15.0 Å². The van der Waals surface area contributed by atoms with Crippen molar-refractivity contribution < 1.29 is 5.11 Å². The van der Waals surface area contributed by atoms with Crippen LogP contribution >= 0.6 is 0 Å². The molecule has 4 heterocycles. The van der Waals surface area contributed by atoms with Gasteiger partial charge in [0.1, 0.15) is 23.6 Å². The lowest BCUT2D eigenvalue weighted by Crippen LogP contribution is -2.38. The van der Waals surface area contributed by atoms with Gasteiger partial charge in [0.05, 0.1) is 18.3 Å². The van der Waals surface area contributed by atoms with Gasteiger partial charge >= 0.3 is 0 Å². The second kappa shape index (κ2) is 7.50. The molecule has 4 rings (SSSR count). The minimum Gasteiger partial charge on any atom is -0.391 e. The summed E-state index contributed by atoms with van der Waals surface area (Å²) in [5, 5.41) is 13.4. The Morgan fingerprint density at radius 3 is 3.00 bits per heavy atom. The van der Waals surface area contributed by atoms with E-state index < -0.39 is 0 Å². The third kappa shape index (κ3) is 4.01. The van der Waals surface area contributed by atoms with Crippen LogP contribution in [-0.4, -0.2) is 68.7 Å². The molecule has 3 aromatic heterocycles. The topological polar surface area (TPSA) is 81.8 Å². The van der Waals surface area contributed by atoms with Crippen molar-refractivity contribution in [3.8, 4) is 0 Å². The molecule has 27 heavy (non-hydrogen) atoms. The summed E-state index contributed by atoms with van der Waals surface area (Å²) in [6.45, 7) is 2.06. The second-order valence-electron chi connectivity index (χ2n) is 7.27. The van der Waals surface area contributed by atoms with Gasteiger partial charge < -0.3 is 24.6 Å². The fourth-order valence-electron chi connectivity index (χ4n) is 3.62. The lowest BCUT2D eigenvalue weighted by molar-refractivity contribution is 0.191. The standard InChI is InChI=1S/C19H25N7O/c1-24(2)11-15-7-16(27)12-26(15)19-8-17(21-13-22-19)20-9-14-10-25-6-4-3-5-18(25)23-14/h3-6,8,10,13,15-16,27H,7,9,11-12H2,1-2H3,(H,20,21,22)/t15-,16-/m1/s1. The highest BCUT2D eigenvalue weighted by Gasteiger charge is 2.32. The molecule has 1 aliphatic rings. The quantitative estimate of drug-likeness (QED) is 0.678. The molecule has 2 atom stereocenters. The summed E-state index contributed by atoms with van der Waals surface area (Å²) in [6, 6.07) is 8.13. The van der Waals surface area contributed by atoms with Crippen molar-refractivity contribution in [2.45, 2.75) is 25.1 Å². The van der Waals surface area contributed by atoms with Crippen LogP contribution in [0.25, 0.3) is 5.65 Å². The summed E-state index contributed by atoms with van der Waals surface area (Å²) >= 11 is 0. The highest BCUT2D eigenvalue weighted by Crippen LogP contribution is 2.25. The summed E-state index contributed by atoms with van der Waals surface area (Å²) < 4.78 is 2.00. The third-order valence-corrected chi connectivity index (χ3v) is 4.78. The van der Waals surface area contributed by atoms with Crippen LogP contribution in [0.3, 0.4) is 0 Å². The third-order valence-electron chi connectivity index (χ3n) is 4.78. The van der Waals surface area contributed by atoms with Crippen molar-refractivity contribution in [1.29, 1.82) is 0 Å². The van der Waals surface area contributed by atoms with Crippen LogP contribution in [0.1, 0.15) is 12.1 Å². The predicted molar refractivity (Wildman–Crippen MR) is 105 cm³/mol. The zero-order valence-corrected chi connectivity index (χ0v) is 15.7. The number of nitrogens with one attached hydrogen (secondary N) is 1. The van der Waals surface area contributed by atoms with Crippen LogP contribution in [0.4, 0.5) is 11.6 Å². The van der Waals surface area contributed by atoms with Crippen LogP contribution in [0.2, 0.25) is 0 Å². The predicted octanol–water partition coefficient (Wildman–Crippen LogP) is 1.24. The molecule has 0 aromatic carbocycles. The highest BCUT2D eigenvalue weighted by atomic mass is 16.3. The first kappa shape index (κ1) is 17.7. The van der Waals surface area contributed by atoms with Gasteiger partial charge in [-0.3, -0.25) is 0 Å². The van der Waals surface area contributed by atoms with E-state index in [1.165, 1.54) is 0 Å². The van der Waals surface area contributed by atoms with Crippen molar-refractivity contribution in [2.24, 2.45) is 0 Å². The number of rotatable bonds is 6. The fourth-order valence-corrected chi connectivity index (χ4v) is 3.62. The summed E-state index contributed by atoms with van der Waals surface area (Å²) in [5.74, 6) is 1.59. The molecule has 0 aliphatic carbocycles. The molecule has 1 fully saturated rings. The number of hydrogen-bond acceptors (Lipinski definition) is 7. The van der Waals surface area contributed by atoms with Gasteiger partial charge in [0.15, 0.2) is 0 Å². The minimum absolute atomic E-state index is 0.246. The number of aliphatic hydroxyl groups excluding tert-OH is 1. The maximum absolute atomic E-state index is 10.1. The van der Waals surface area contributed by atoms with E-state index in [-0.39, 0.29) is 12.1 Å². The van der Waals surface area contributed by atoms with E-state index in [4.69, 9.17) is 0 Å². The number of β-amino-alcohol motifs (C(OH)–C–C–N with tert-alkyl or cyclic N) is 1. The van der Waals surface area contributed by atoms with E-state index in [2.05, 4.69) is 30.1 Å². The first-order valence-corrected chi connectivity index (χ1v) is 9.16. The Labute approximate surface area is 158 Å². The number of fused-ring (bicyclic) bond motifs is 1.